The van der Waals surface area contributed by atoms with Crippen molar-refractivity contribution in [3.63, 3.8) is 0 Å². The number of nitrogens with zero attached hydrogens (tertiary/aromatic N) is 1. The Hall–Kier alpha value is -4.15. The van der Waals surface area contributed by atoms with Crippen LogP contribution in [0, 0.1) is 0 Å². The molecular weight excluding hydrogens is 504 g/mol. The van der Waals surface area contributed by atoms with Gasteiger partial charge in [0.1, 0.15) is 11.8 Å². The molecule has 3 aromatic carbocycles. The lowest BCUT2D eigenvalue weighted by Crippen LogP contribution is -2.54. The highest BCUT2D eigenvalue weighted by Crippen LogP contribution is 2.27. The van der Waals surface area contributed by atoms with Gasteiger partial charge in [0.05, 0.1) is 13.2 Å². The normalized spacial score (nSPS) is 15.2. The van der Waals surface area contributed by atoms with Crippen molar-refractivity contribution in [3.05, 3.63) is 102 Å². The molecule has 3 N–H and O–H groups in total. The summed E-state index contributed by atoms with van der Waals surface area (Å²) in [5.41, 5.74) is 3.13. The summed E-state index contributed by atoms with van der Waals surface area (Å²) < 4.78 is 35.4. The zero-order valence-corrected chi connectivity index (χ0v) is 21.9. The van der Waals surface area contributed by atoms with Crippen molar-refractivity contribution >= 4 is 33.9 Å². The average molecular weight is 535 g/mol. The molecule has 10 heteroatoms. The van der Waals surface area contributed by atoms with Crippen LogP contribution in [-0.4, -0.2) is 40.6 Å². The summed E-state index contributed by atoms with van der Waals surface area (Å²) in [5.74, 6) is 0.229. The van der Waals surface area contributed by atoms with Crippen molar-refractivity contribution in [2.75, 3.05) is 19.1 Å². The molecule has 0 bridgehead atoms. The molecule has 1 aliphatic carbocycles. The zero-order chi connectivity index (χ0) is 27.1. The Morgan fingerprint density at radius 2 is 1.68 bits per heavy atom. The number of ether oxygens (including phenoxy) is 1. The van der Waals surface area contributed by atoms with Gasteiger partial charge in [0.15, 0.2) is 0 Å². The first-order valence-electron chi connectivity index (χ1n) is 12.1. The highest BCUT2D eigenvalue weighted by atomic mass is 32.2. The van der Waals surface area contributed by atoms with Crippen molar-refractivity contribution in [2.24, 2.45) is 0 Å². The second-order valence-electron chi connectivity index (χ2n) is 8.85. The van der Waals surface area contributed by atoms with Crippen molar-refractivity contribution in [3.8, 4) is 5.75 Å². The van der Waals surface area contributed by atoms with Gasteiger partial charge in [0, 0.05) is 19.2 Å². The van der Waals surface area contributed by atoms with E-state index < -0.39 is 34.2 Å². The maximum atomic E-state index is 13.4. The van der Waals surface area contributed by atoms with E-state index in [1.807, 2.05) is 71.5 Å². The molecule has 4 rings (SSSR count). The summed E-state index contributed by atoms with van der Waals surface area (Å²) in [4.78, 5) is 27.7. The summed E-state index contributed by atoms with van der Waals surface area (Å²) in [6, 6.07) is 21.0. The van der Waals surface area contributed by atoms with Crippen molar-refractivity contribution in [2.45, 2.75) is 24.9 Å². The minimum Gasteiger partial charge on any atom is -0.497 e. The van der Waals surface area contributed by atoms with Crippen molar-refractivity contribution in [1.29, 1.82) is 0 Å². The van der Waals surface area contributed by atoms with Crippen LogP contribution in [0.4, 0.5) is 10.5 Å². The van der Waals surface area contributed by atoms with Gasteiger partial charge in [-0.15, -0.1) is 0 Å². The molecule has 0 saturated carbocycles. The van der Waals surface area contributed by atoms with Gasteiger partial charge in [-0.2, -0.15) is 13.1 Å². The fourth-order valence-corrected chi connectivity index (χ4v) is 5.25. The quantitative estimate of drug-likeness (QED) is 0.388. The van der Waals surface area contributed by atoms with Gasteiger partial charge >= 0.3 is 16.2 Å². The second kappa shape index (κ2) is 11.9. The van der Waals surface area contributed by atoms with Gasteiger partial charge < -0.3 is 15.0 Å². The van der Waals surface area contributed by atoms with E-state index in [1.165, 1.54) is 4.90 Å². The number of carbonyl (C=O) groups excluding carboxylic acids is 2. The van der Waals surface area contributed by atoms with E-state index in [1.54, 1.807) is 38.4 Å². The van der Waals surface area contributed by atoms with Gasteiger partial charge in [-0.05, 0) is 47.4 Å². The van der Waals surface area contributed by atoms with Crippen LogP contribution in [0.3, 0.4) is 0 Å². The van der Waals surface area contributed by atoms with Gasteiger partial charge in [0.25, 0.3) is 0 Å². The van der Waals surface area contributed by atoms with Crippen LogP contribution in [0.15, 0.2) is 84.9 Å². The van der Waals surface area contributed by atoms with Gasteiger partial charge in [-0.1, -0.05) is 66.7 Å². The smallest absolute Gasteiger partial charge is 0.330 e. The highest BCUT2D eigenvalue weighted by molar-refractivity contribution is 7.88. The third kappa shape index (κ3) is 6.78. The number of benzene rings is 3. The monoisotopic (exact) mass is 534 g/mol. The number of carbonyl (C=O) groups is 2. The average Bonchev–Trinajstić information content (AvgIpc) is 2.92. The van der Waals surface area contributed by atoms with E-state index in [2.05, 4.69) is 10.0 Å². The Morgan fingerprint density at radius 3 is 2.39 bits per heavy atom. The maximum absolute atomic E-state index is 13.4. The highest BCUT2D eigenvalue weighted by Gasteiger charge is 2.28. The molecule has 0 spiro atoms. The van der Waals surface area contributed by atoms with Crippen LogP contribution in [0.1, 0.15) is 29.2 Å². The Kier molecular flexibility index (Phi) is 8.45. The predicted octanol–water partition coefficient (Wildman–Crippen LogP) is 3.56. The first-order valence-corrected chi connectivity index (χ1v) is 13.6. The molecule has 38 heavy (non-hydrogen) atoms. The molecule has 0 fully saturated rings. The van der Waals surface area contributed by atoms with Crippen LogP contribution in [0.25, 0.3) is 6.08 Å². The molecule has 9 nitrogen and oxygen atoms in total. The predicted molar refractivity (Wildman–Crippen MR) is 147 cm³/mol. The molecule has 0 radical (unpaired) electrons. The fraction of sp³-hybridized carbons (Fsp3) is 0.214. The van der Waals surface area contributed by atoms with Crippen LogP contribution in [-0.2, 0) is 21.4 Å². The third-order valence-electron chi connectivity index (χ3n) is 6.24. The third-order valence-corrected chi connectivity index (χ3v) is 7.29. The van der Waals surface area contributed by atoms with Crippen molar-refractivity contribution in [1.82, 2.24) is 14.8 Å². The van der Waals surface area contributed by atoms with Gasteiger partial charge in [-0.25, -0.2) is 9.52 Å². The Balaban J connectivity index is 1.47. The molecule has 2 atom stereocenters. The summed E-state index contributed by atoms with van der Waals surface area (Å²) in [7, 11) is -1.09. The van der Waals surface area contributed by atoms with Gasteiger partial charge in [0.2, 0.25) is 5.91 Å². The summed E-state index contributed by atoms with van der Waals surface area (Å²) in [5, 5.41) is 2.55. The van der Waals surface area contributed by atoms with E-state index >= 15 is 0 Å². The lowest BCUT2D eigenvalue weighted by atomic mass is 9.94. The first kappa shape index (κ1) is 26.9. The lowest BCUT2D eigenvalue weighted by molar-refractivity contribution is -0.120. The van der Waals surface area contributed by atoms with E-state index in [4.69, 9.17) is 4.74 Å². The number of fused-ring (bicyclic) bond motifs is 1. The SMILES string of the molecule is COc1ccc(N(C)C(=O)[C@H](Cc2ccccc2)NC(=O)NS(=O)(=O)NC2CC=Cc3ccccc32)cc1. The molecule has 1 unspecified atom stereocenters. The molecule has 0 heterocycles. The van der Waals surface area contributed by atoms with Crippen LogP contribution >= 0.6 is 0 Å². The fourth-order valence-electron chi connectivity index (χ4n) is 4.29. The topological polar surface area (TPSA) is 117 Å². The van der Waals surface area contributed by atoms with Crippen LogP contribution in [0.2, 0.25) is 0 Å². The van der Waals surface area contributed by atoms with E-state index in [0.29, 0.717) is 17.9 Å². The largest absolute Gasteiger partial charge is 0.497 e. The van der Waals surface area contributed by atoms with Gasteiger partial charge in [-0.3, -0.25) is 4.79 Å². The molecular formula is C28H30N4O5S. The minimum atomic E-state index is -4.23. The minimum absolute atomic E-state index is 0.169. The summed E-state index contributed by atoms with van der Waals surface area (Å²) in [6.07, 6.45) is 4.42. The molecule has 3 aromatic rings. The number of anilines is 1. The standard InChI is InChI=1S/C28H30N4O5S/c1-32(22-15-17-23(37-2)18-16-22)27(33)26(19-20-9-4-3-5-10-20)29-28(34)31-38(35,36)30-25-14-8-12-21-11-6-7-13-24(21)25/h3-13,15-18,25-26,30H,14,19H2,1-2H3,(H2,29,31,34)/t25?,26-/m0/s1. The molecule has 0 aromatic heterocycles. The Morgan fingerprint density at radius 1 is 1.00 bits per heavy atom. The number of hydrogen-bond donors (Lipinski definition) is 3. The summed E-state index contributed by atoms with van der Waals surface area (Å²) >= 11 is 0. The Labute approximate surface area is 222 Å². The molecule has 3 amide bonds. The number of likely N-dealkylation sites (N-methyl/N-ethyl adjacent to an activating group) is 1. The number of nitrogens with one attached hydrogen (secondary N) is 3. The number of rotatable bonds is 9. The number of urea groups is 1. The molecule has 198 valence electrons. The molecule has 0 aliphatic heterocycles. The Bertz CT molecular complexity index is 1410. The van der Waals surface area contributed by atoms with E-state index in [-0.39, 0.29) is 6.42 Å². The van der Waals surface area contributed by atoms with Crippen LogP contribution < -0.4 is 24.4 Å². The zero-order valence-electron chi connectivity index (χ0n) is 21.1. The lowest BCUT2D eigenvalue weighted by Gasteiger charge is -2.26. The summed E-state index contributed by atoms with van der Waals surface area (Å²) in [6.45, 7) is 0. The molecule has 0 saturated heterocycles. The first-order chi connectivity index (χ1) is 18.3. The number of amides is 3. The van der Waals surface area contributed by atoms with E-state index in [0.717, 1.165) is 16.7 Å². The second-order valence-corrected chi connectivity index (χ2v) is 10.3. The maximum Gasteiger partial charge on any atom is 0.330 e. The van der Waals surface area contributed by atoms with Crippen LogP contribution in [0.5, 0.6) is 5.75 Å². The number of methoxy groups -OCH3 is 1. The molecule has 1 aliphatic rings. The number of hydrogen-bond acceptors (Lipinski definition) is 5. The van der Waals surface area contributed by atoms with Crippen molar-refractivity contribution < 1.29 is 22.7 Å². The van der Waals surface area contributed by atoms with E-state index in [9.17, 15) is 18.0 Å².